The summed E-state index contributed by atoms with van der Waals surface area (Å²) in [5.41, 5.74) is 1.71. The molecule has 0 spiro atoms. The van der Waals surface area contributed by atoms with Crippen molar-refractivity contribution in [2.24, 2.45) is 7.05 Å². The van der Waals surface area contributed by atoms with Crippen molar-refractivity contribution in [1.29, 1.82) is 0 Å². The molecule has 0 aliphatic rings. The van der Waals surface area contributed by atoms with Gasteiger partial charge in [-0.1, -0.05) is 30.3 Å². The maximum Gasteiger partial charge on any atom is 0.295 e. The molecule has 0 aliphatic carbocycles. The van der Waals surface area contributed by atoms with E-state index in [0.717, 1.165) is 4.31 Å². The molecule has 0 aliphatic heterocycles. The number of para-hydroxylation sites is 1. The van der Waals surface area contributed by atoms with Crippen LogP contribution < -0.4 is 10.9 Å². The number of anilines is 1. The molecule has 3 aromatic rings. The normalized spacial score (nSPS) is 11.6. The van der Waals surface area contributed by atoms with Gasteiger partial charge in [-0.25, -0.2) is 17.4 Å². The number of nitrogens with zero attached hydrogens (tertiary/aromatic N) is 3. The van der Waals surface area contributed by atoms with Crippen LogP contribution in [-0.4, -0.2) is 48.5 Å². The smallest absolute Gasteiger partial charge is 0.295 e. The van der Waals surface area contributed by atoms with E-state index in [1.807, 2.05) is 30.3 Å². The Morgan fingerprint density at radius 3 is 2.37 bits per heavy atom. The van der Waals surface area contributed by atoms with E-state index in [0.29, 0.717) is 17.1 Å². The largest absolute Gasteiger partial charge is 0.372 e. The quantitative estimate of drug-likeness (QED) is 0.581. The van der Waals surface area contributed by atoms with E-state index in [-0.39, 0.29) is 28.3 Å². The highest BCUT2D eigenvalue weighted by molar-refractivity contribution is 7.89. The highest BCUT2D eigenvalue weighted by Gasteiger charge is 2.20. The lowest BCUT2D eigenvalue weighted by atomic mass is 10.1. The minimum Gasteiger partial charge on any atom is -0.372 e. The molecule has 0 unspecified atom stereocenters. The van der Waals surface area contributed by atoms with Crippen LogP contribution in [0.2, 0.25) is 0 Å². The van der Waals surface area contributed by atoms with Gasteiger partial charge < -0.3 is 5.32 Å². The Balaban J connectivity index is 1.85. The number of rotatable bonds is 7. The fourth-order valence-electron chi connectivity index (χ4n) is 3.08. The van der Waals surface area contributed by atoms with E-state index in [1.54, 1.807) is 24.7 Å². The lowest BCUT2D eigenvalue weighted by Gasteiger charge is -2.12. The molecule has 0 bridgehead atoms. The van der Waals surface area contributed by atoms with E-state index >= 15 is 0 Å². The Kier molecular flexibility index (Phi) is 5.95. The Morgan fingerprint density at radius 2 is 1.73 bits per heavy atom. The molecule has 30 heavy (non-hydrogen) atoms. The molecule has 0 saturated carbocycles. The Hall–Kier alpha value is -3.17. The van der Waals surface area contributed by atoms with Crippen molar-refractivity contribution in [2.45, 2.75) is 11.8 Å². The van der Waals surface area contributed by atoms with Crippen LogP contribution in [0.1, 0.15) is 16.1 Å². The van der Waals surface area contributed by atoms with Crippen LogP contribution in [0.3, 0.4) is 0 Å². The number of carbonyl (C=O) groups is 1. The van der Waals surface area contributed by atoms with Crippen LogP contribution in [-0.2, 0) is 17.1 Å². The molecule has 0 amide bonds. The van der Waals surface area contributed by atoms with Gasteiger partial charge in [0.25, 0.3) is 5.56 Å². The number of hydrogen-bond donors (Lipinski definition) is 1. The number of carbonyl (C=O) groups excluding carboxylic acids is 1. The zero-order valence-electron chi connectivity index (χ0n) is 17.3. The van der Waals surface area contributed by atoms with E-state index in [1.165, 1.54) is 37.0 Å². The first kappa shape index (κ1) is 21.5. The summed E-state index contributed by atoms with van der Waals surface area (Å²) in [6.45, 7) is 1.65. The highest BCUT2D eigenvalue weighted by Crippen LogP contribution is 2.17. The zero-order chi connectivity index (χ0) is 22.1. The van der Waals surface area contributed by atoms with Crippen LogP contribution in [0.25, 0.3) is 5.69 Å². The van der Waals surface area contributed by atoms with E-state index in [9.17, 15) is 18.0 Å². The number of sulfonamides is 1. The summed E-state index contributed by atoms with van der Waals surface area (Å²) >= 11 is 0. The predicted molar refractivity (Wildman–Crippen MR) is 116 cm³/mol. The second-order valence-electron chi connectivity index (χ2n) is 7.03. The molecule has 1 N–H and O–H groups in total. The first-order valence-electron chi connectivity index (χ1n) is 9.28. The molecule has 3 rings (SSSR count). The van der Waals surface area contributed by atoms with Crippen molar-refractivity contribution in [3.8, 4) is 5.69 Å². The SMILES string of the molecule is Cc1c(NCC(=O)c2cccc(S(=O)(=O)N(C)C)c2)c(=O)n(-c2ccccc2)n1C. The monoisotopic (exact) mass is 428 g/mol. The van der Waals surface area contributed by atoms with Crippen molar-refractivity contribution in [3.05, 3.63) is 76.2 Å². The number of aromatic nitrogens is 2. The molecule has 9 heteroatoms. The van der Waals surface area contributed by atoms with Gasteiger partial charge in [0.15, 0.2) is 5.78 Å². The average Bonchev–Trinajstić information content (AvgIpc) is 2.95. The molecule has 0 radical (unpaired) electrons. The van der Waals surface area contributed by atoms with Crippen molar-refractivity contribution < 1.29 is 13.2 Å². The minimum absolute atomic E-state index is 0.0423. The first-order chi connectivity index (χ1) is 14.1. The third-order valence-corrected chi connectivity index (χ3v) is 6.73. The number of benzene rings is 2. The third-order valence-electron chi connectivity index (χ3n) is 4.91. The van der Waals surface area contributed by atoms with Crippen LogP contribution in [0, 0.1) is 6.92 Å². The summed E-state index contributed by atoms with van der Waals surface area (Å²) < 4.78 is 28.9. The van der Waals surface area contributed by atoms with E-state index < -0.39 is 10.0 Å². The van der Waals surface area contributed by atoms with Crippen LogP contribution in [0.15, 0.2) is 64.3 Å². The fourth-order valence-corrected chi connectivity index (χ4v) is 4.03. The Labute approximate surface area is 175 Å². The molecule has 0 fully saturated rings. The maximum atomic E-state index is 12.9. The van der Waals surface area contributed by atoms with Crippen molar-refractivity contribution >= 4 is 21.5 Å². The third kappa shape index (κ3) is 3.94. The molecule has 0 saturated heterocycles. The van der Waals surface area contributed by atoms with Crippen molar-refractivity contribution in [2.75, 3.05) is 26.0 Å². The molecule has 8 nitrogen and oxygen atoms in total. The van der Waals surface area contributed by atoms with Gasteiger partial charge in [-0.3, -0.25) is 14.3 Å². The maximum absolute atomic E-state index is 12.9. The molecule has 1 heterocycles. The minimum atomic E-state index is -3.64. The van der Waals surface area contributed by atoms with Gasteiger partial charge in [-0.2, -0.15) is 0 Å². The number of Topliss-reactive ketones (excluding diaryl/α,β-unsaturated/α-hetero) is 1. The van der Waals surface area contributed by atoms with Gasteiger partial charge in [-0.15, -0.1) is 0 Å². The van der Waals surface area contributed by atoms with Gasteiger partial charge >= 0.3 is 0 Å². The number of hydrogen-bond acceptors (Lipinski definition) is 5. The van der Waals surface area contributed by atoms with Crippen molar-refractivity contribution in [3.63, 3.8) is 0 Å². The van der Waals surface area contributed by atoms with E-state index in [2.05, 4.69) is 5.32 Å². The van der Waals surface area contributed by atoms with Crippen LogP contribution in [0.4, 0.5) is 5.69 Å². The van der Waals surface area contributed by atoms with Gasteiger partial charge in [-0.05, 0) is 31.2 Å². The second kappa shape index (κ2) is 8.29. The lowest BCUT2D eigenvalue weighted by molar-refractivity contribution is 0.101. The molecule has 158 valence electrons. The average molecular weight is 429 g/mol. The summed E-state index contributed by atoms with van der Waals surface area (Å²) in [7, 11) is 0.992. The summed E-state index contributed by atoms with van der Waals surface area (Å²) in [4.78, 5) is 25.6. The second-order valence-corrected chi connectivity index (χ2v) is 9.18. The van der Waals surface area contributed by atoms with Gasteiger partial charge in [0.05, 0.1) is 22.8 Å². The molecule has 0 atom stereocenters. The molecular formula is C21H24N4O4S. The predicted octanol–water partition coefficient (Wildman–Crippen LogP) is 2.03. The van der Waals surface area contributed by atoms with Gasteiger partial charge in [0.1, 0.15) is 5.69 Å². The lowest BCUT2D eigenvalue weighted by Crippen LogP contribution is -2.24. The topological polar surface area (TPSA) is 93.4 Å². The Morgan fingerprint density at radius 1 is 1.07 bits per heavy atom. The number of nitrogens with one attached hydrogen (secondary N) is 1. The first-order valence-corrected chi connectivity index (χ1v) is 10.7. The standard InChI is InChI=1S/C21H24N4O4S/c1-15-20(21(27)25(24(15)4)17-10-6-5-7-11-17)22-14-19(26)16-9-8-12-18(13-16)30(28,29)23(2)3/h5-13,22H,14H2,1-4H3. The van der Waals surface area contributed by atoms with Crippen molar-refractivity contribution in [1.82, 2.24) is 13.7 Å². The molecular weight excluding hydrogens is 404 g/mol. The van der Waals surface area contributed by atoms with Crippen LogP contribution in [0.5, 0.6) is 0 Å². The van der Waals surface area contributed by atoms with E-state index in [4.69, 9.17) is 0 Å². The Bertz CT molecular complexity index is 1240. The number of ketones is 1. The molecule has 2 aromatic carbocycles. The van der Waals surface area contributed by atoms with Gasteiger partial charge in [0, 0.05) is 26.7 Å². The fraction of sp³-hybridized carbons (Fsp3) is 0.238. The summed E-state index contributed by atoms with van der Waals surface area (Å²) in [5.74, 6) is -0.320. The molecule has 1 aromatic heterocycles. The van der Waals surface area contributed by atoms with Gasteiger partial charge in [0.2, 0.25) is 10.0 Å². The summed E-state index contributed by atoms with van der Waals surface area (Å²) in [6, 6.07) is 15.1. The summed E-state index contributed by atoms with van der Waals surface area (Å²) in [5, 5.41) is 2.93. The zero-order valence-corrected chi connectivity index (χ0v) is 18.1. The highest BCUT2D eigenvalue weighted by atomic mass is 32.2. The summed E-state index contributed by atoms with van der Waals surface area (Å²) in [6.07, 6.45) is 0. The van der Waals surface area contributed by atoms with Crippen LogP contribution >= 0.6 is 0 Å².